The zero-order valence-electron chi connectivity index (χ0n) is 37.5. The second kappa shape index (κ2) is 21.4. The van der Waals surface area contributed by atoms with Crippen molar-refractivity contribution in [3.8, 4) is 0 Å². The molecule has 7 rings (SSSR count). The molecular weight excluding hydrogens is 857 g/mol. The van der Waals surface area contributed by atoms with Crippen molar-refractivity contribution in [3.63, 3.8) is 0 Å². The van der Waals surface area contributed by atoms with Gasteiger partial charge in [0.1, 0.15) is 18.8 Å². The Morgan fingerprint density at radius 2 is 0.970 bits per heavy atom. The van der Waals surface area contributed by atoms with E-state index in [1.54, 1.807) is 135 Å². The van der Waals surface area contributed by atoms with Gasteiger partial charge in [0, 0.05) is 12.0 Å². The molecule has 0 spiro atoms. The molecule has 2 aliphatic rings. The van der Waals surface area contributed by atoms with Gasteiger partial charge in [0.15, 0.2) is 24.6 Å². The van der Waals surface area contributed by atoms with Crippen LogP contribution in [0.4, 0.5) is 0 Å². The van der Waals surface area contributed by atoms with Crippen molar-refractivity contribution in [2.24, 2.45) is 5.41 Å². The smallest absolute Gasteiger partial charge is 0.338 e. The first kappa shape index (κ1) is 47.8. The molecule has 1 saturated carbocycles. The van der Waals surface area contributed by atoms with E-state index in [2.05, 4.69) is 5.73 Å². The fraction of sp³-hybridized carbons (Fsp3) is 0.296. The van der Waals surface area contributed by atoms with Gasteiger partial charge in [0.2, 0.25) is 0 Å². The van der Waals surface area contributed by atoms with Crippen LogP contribution in [0, 0.1) is 5.41 Å². The molecule has 0 radical (unpaired) electrons. The molecule has 1 aliphatic carbocycles. The Balaban J connectivity index is 1.24. The van der Waals surface area contributed by atoms with E-state index in [4.69, 9.17) is 33.2 Å². The predicted molar refractivity (Wildman–Crippen MR) is 244 cm³/mol. The molecule has 5 aromatic carbocycles. The Hall–Kier alpha value is -7.15. The molecule has 13 heteroatoms. The van der Waals surface area contributed by atoms with E-state index in [1.807, 2.05) is 13.8 Å². The monoisotopic (exact) mass is 908 g/mol. The molecule has 67 heavy (non-hydrogen) atoms. The zero-order valence-corrected chi connectivity index (χ0v) is 37.5. The topological polar surface area (TPSA) is 170 Å². The molecule has 346 valence electrons. The van der Waals surface area contributed by atoms with Crippen molar-refractivity contribution >= 4 is 29.8 Å². The fourth-order valence-corrected chi connectivity index (χ4v) is 8.33. The summed E-state index contributed by atoms with van der Waals surface area (Å²) in [6.07, 6.45) is -7.14. The molecule has 0 bridgehead atoms. The summed E-state index contributed by atoms with van der Waals surface area (Å²) >= 11 is 0. The Labute approximate surface area is 388 Å². The zero-order chi connectivity index (χ0) is 47.6. The molecular formula is C54H52O13. The van der Waals surface area contributed by atoms with Crippen molar-refractivity contribution in [2.75, 3.05) is 6.61 Å². The number of rotatable bonds is 14. The maximum atomic E-state index is 14.0. The maximum Gasteiger partial charge on any atom is 0.338 e. The van der Waals surface area contributed by atoms with Crippen molar-refractivity contribution in [2.45, 2.75) is 89.1 Å². The van der Waals surface area contributed by atoms with Gasteiger partial charge < -0.3 is 38.3 Å². The van der Waals surface area contributed by atoms with E-state index in [0.717, 1.165) is 0 Å². The average Bonchev–Trinajstić information content (AvgIpc) is 3.33. The number of ether oxygens (including phenoxy) is 7. The molecule has 8 atom stereocenters. The molecule has 13 nitrogen and oxygen atoms in total. The quantitative estimate of drug-likeness (QED) is 0.0640. The summed E-state index contributed by atoms with van der Waals surface area (Å²) < 4.78 is 43.1. The number of carbonyl (C=O) groups excluding carboxylic acids is 5. The van der Waals surface area contributed by atoms with E-state index in [9.17, 15) is 29.1 Å². The van der Waals surface area contributed by atoms with Gasteiger partial charge in [-0.1, -0.05) is 105 Å². The van der Waals surface area contributed by atoms with Crippen molar-refractivity contribution in [3.05, 3.63) is 197 Å². The maximum absolute atomic E-state index is 14.0. The Morgan fingerprint density at radius 3 is 1.40 bits per heavy atom. The summed E-state index contributed by atoms with van der Waals surface area (Å²) in [5, 5.41) is 11.9. The minimum Gasteiger partial charge on any atom is -0.459 e. The van der Waals surface area contributed by atoms with Crippen LogP contribution in [0.5, 0.6) is 0 Å². The summed E-state index contributed by atoms with van der Waals surface area (Å²) in [5.41, 5.74) is 2.68. The van der Waals surface area contributed by atoms with Gasteiger partial charge in [-0.15, -0.1) is 5.73 Å². The van der Waals surface area contributed by atoms with Crippen LogP contribution < -0.4 is 0 Å². The van der Waals surface area contributed by atoms with E-state index in [0.29, 0.717) is 17.6 Å². The van der Waals surface area contributed by atoms with Crippen LogP contribution in [0.1, 0.15) is 92.3 Å². The normalized spacial score (nSPS) is 23.6. The molecule has 1 saturated heterocycles. The third kappa shape index (κ3) is 12.2. The van der Waals surface area contributed by atoms with Gasteiger partial charge in [-0.2, -0.15) is 0 Å². The molecule has 1 N–H and O–H groups in total. The Kier molecular flexibility index (Phi) is 15.3. The largest absolute Gasteiger partial charge is 0.459 e. The van der Waals surface area contributed by atoms with E-state index in [1.165, 1.54) is 36.4 Å². The standard InChI is InChI=1S/C54H52O13/c1-35(30-31-43-53(2,3)32-41(33-54(43,4)60)63-48(56)37-22-12-6-13-23-37)62-52-46(67-51(59)40-28-18-9-19-29-40)45(66-50(58)39-26-16-8-17-27-39)44(65-49(57)38-24-14-7-15-25-38)42(64-52)34-61-47(55)36-20-10-5-11-21-36/h5-30,35,41-42,44-46,52,60H,32-34H2,1-4H3/t31?,35-,41+,42-,44-,45+,46-,52-,54-/m1/s1. The van der Waals surface area contributed by atoms with Crippen LogP contribution in [0.3, 0.4) is 0 Å². The Morgan fingerprint density at radius 1 is 0.582 bits per heavy atom. The summed E-state index contributed by atoms with van der Waals surface area (Å²) in [6, 6.07) is 41.1. The summed E-state index contributed by atoms with van der Waals surface area (Å²) in [7, 11) is 0. The summed E-state index contributed by atoms with van der Waals surface area (Å²) in [4.78, 5) is 68.2. The number of aliphatic hydroxyl groups is 1. The summed E-state index contributed by atoms with van der Waals surface area (Å²) in [6.45, 7) is 6.60. The second-order valence-electron chi connectivity index (χ2n) is 17.2. The highest BCUT2D eigenvalue weighted by Crippen LogP contribution is 2.46. The molecule has 0 aromatic heterocycles. The van der Waals surface area contributed by atoms with Gasteiger partial charge in [-0.05, 0) is 92.4 Å². The number of hydrogen-bond acceptors (Lipinski definition) is 13. The lowest BCUT2D eigenvalue weighted by Crippen LogP contribution is -2.63. The van der Waals surface area contributed by atoms with Crippen LogP contribution in [0.25, 0.3) is 0 Å². The fourth-order valence-electron chi connectivity index (χ4n) is 8.33. The third-order valence-corrected chi connectivity index (χ3v) is 11.4. The molecule has 2 fully saturated rings. The summed E-state index contributed by atoms with van der Waals surface area (Å²) in [5.74, 6) is -3.72. The Bertz CT molecular complexity index is 2540. The number of hydrogen-bond donors (Lipinski definition) is 1. The SMILES string of the molecule is C[C@H](C=C=C1C(C)(C)C[C@H](OC(=O)c2ccccc2)C[C@@]1(C)O)O[C@@H]1O[C@H](COC(=O)c2ccccc2)[C@@H](OC(=O)c2ccccc2)[C@H](OC(=O)c2ccccc2)[C@H]1OC(=O)c1ccccc1. The first-order valence-electron chi connectivity index (χ1n) is 22.0. The number of esters is 5. The highest BCUT2D eigenvalue weighted by atomic mass is 16.7. The van der Waals surface area contributed by atoms with Crippen LogP contribution >= 0.6 is 0 Å². The van der Waals surface area contributed by atoms with Crippen molar-refractivity contribution < 1.29 is 62.2 Å². The second-order valence-corrected chi connectivity index (χ2v) is 17.2. The average molecular weight is 909 g/mol. The minimum absolute atomic E-state index is 0.102. The lowest BCUT2D eigenvalue weighted by molar-refractivity contribution is -0.303. The first-order valence-corrected chi connectivity index (χ1v) is 22.0. The van der Waals surface area contributed by atoms with Crippen LogP contribution in [0.2, 0.25) is 0 Å². The van der Waals surface area contributed by atoms with Crippen molar-refractivity contribution in [1.29, 1.82) is 0 Å². The van der Waals surface area contributed by atoms with E-state index < -0.39 is 90.4 Å². The lowest BCUT2D eigenvalue weighted by Gasteiger charge is -2.45. The van der Waals surface area contributed by atoms with Gasteiger partial charge >= 0.3 is 29.8 Å². The van der Waals surface area contributed by atoms with Gasteiger partial charge in [-0.25, -0.2) is 24.0 Å². The molecule has 1 heterocycles. The van der Waals surface area contributed by atoms with Gasteiger partial charge in [-0.3, -0.25) is 0 Å². The van der Waals surface area contributed by atoms with Crippen molar-refractivity contribution in [1.82, 2.24) is 0 Å². The lowest BCUT2D eigenvalue weighted by atomic mass is 9.65. The molecule has 5 aromatic rings. The van der Waals surface area contributed by atoms with Crippen LogP contribution in [0.15, 0.2) is 169 Å². The number of benzene rings is 5. The van der Waals surface area contributed by atoms with Crippen LogP contribution in [-0.4, -0.2) is 90.1 Å². The molecule has 0 amide bonds. The van der Waals surface area contributed by atoms with Gasteiger partial charge in [0.05, 0.1) is 39.5 Å². The minimum atomic E-state index is -1.62. The first-order chi connectivity index (χ1) is 32.2. The highest BCUT2D eigenvalue weighted by molar-refractivity contribution is 5.92. The third-order valence-electron chi connectivity index (χ3n) is 11.4. The molecule has 0 unspecified atom stereocenters. The number of carbonyl (C=O) groups is 5. The highest BCUT2D eigenvalue weighted by Gasteiger charge is 2.54. The van der Waals surface area contributed by atoms with E-state index in [-0.39, 0.29) is 28.7 Å². The predicted octanol–water partition coefficient (Wildman–Crippen LogP) is 8.53. The van der Waals surface area contributed by atoms with Crippen LogP contribution in [-0.2, 0) is 33.2 Å². The molecule has 1 aliphatic heterocycles. The van der Waals surface area contributed by atoms with Gasteiger partial charge in [0.25, 0.3) is 0 Å². The van der Waals surface area contributed by atoms with E-state index >= 15 is 0 Å².